The van der Waals surface area contributed by atoms with E-state index in [1.54, 1.807) is 6.92 Å². The largest absolute Gasteiger partial charge is 0.451 e. The number of carbonyl (C=O) groups excluding carboxylic acids is 2. The van der Waals surface area contributed by atoms with Gasteiger partial charge in [0.15, 0.2) is 6.61 Å². The first kappa shape index (κ1) is 21.3. The molecule has 3 aromatic rings. The molecule has 0 fully saturated rings. The van der Waals surface area contributed by atoms with Crippen LogP contribution in [0.4, 0.5) is 13.2 Å². The Morgan fingerprint density at radius 3 is 2.80 bits per heavy atom. The average Bonchev–Trinajstić information content (AvgIpc) is 3.26. The molecule has 0 unspecified atom stereocenters. The van der Waals surface area contributed by atoms with Gasteiger partial charge in [-0.1, -0.05) is 6.07 Å². The summed E-state index contributed by atoms with van der Waals surface area (Å²) >= 11 is 1.00. The van der Waals surface area contributed by atoms with Crippen LogP contribution in [0.5, 0.6) is 0 Å². The third-order valence-corrected chi connectivity index (χ3v) is 5.15. The fourth-order valence-corrected chi connectivity index (χ4v) is 3.72. The maximum atomic E-state index is 13.0. The second-order valence-electron chi connectivity index (χ2n) is 6.21. The molecule has 0 aliphatic rings. The van der Waals surface area contributed by atoms with Gasteiger partial charge in [0.05, 0.1) is 29.4 Å². The van der Waals surface area contributed by atoms with E-state index in [9.17, 15) is 22.8 Å². The van der Waals surface area contributed by atoms with Gasteiger partial charge < -0.3 is 10.1 Å². The number of benzene rings is 1. The Morgan fingerprint density at radius 1 is 1.33 bits per heavy atom. The Hall–Kier alpha value is -3.39. The van der Waals surface area contributed by atoms with Crippen molar-refractivity contribution in [2.75, 3.05) is 13.2 Å². The van der Waals surface area contributed by atoms with Crippen molar-refractivity contribution < 1.29 is 27.5 Å². The summed E-state index contributed by atoms with van der Waals surface area (Å²) in [7, 11) is 0. The van der Waals surface area contributed by atoms with Crippen molar-refractivity contribution in [3.05, 3.63) is 46.5 Å². The van der Waals surface area contributed by atoms with Gasteiger partial charge in [-0.3, -0.25) is 4.79 Å². The highest BCUT2D eigenvalue weighted by atomic mass is 32.1. The van der Waals surface area contributed by atoms with Crippen molar-refractivity contribution in [2.24, 2.45) is 0 Å². The van der Waals surface area contributed by atoms with Crippen LogP contribution in [0.25, 0.3) is 15.9 Å². The molecular weight excluding hydrogens is 421 g/mol. The van der Waals surface area contributed by atoms with Crippen LogP contribution in [0.3, 0.4) is 0 Å². The zero-order valence-corrected chi connectivity index (χ0v) is 16.4. The number of amides is 1. The summed E-state index contributed by atoms with van der Waals surface area (Å²) in [5, 5.41) is 15.7. The number of rotatable bonds is 6. The summed E-state index contributed by atoms with van der Waals surface area (Å²) in [6.45, 7) is 1.33. The summed E-state index contributed by atoms with van der Waals surface area (Å²) in [5.74, 6) is -1.27. The summed E-state index contributed by atoms with van der Waals surface area (Å²) in [6, 6.07) is 8.13. The number of carbonyl (C=O) groups is 2. The van der Waals surface area contributed by atoms with Crippen molar-refractivity contribution in [3.63, 3.8) is 0 Å². The lowest BCUT2D eigenvalue weighted by Gasteiger charge is -2.09. The normalized spacial score (nSPS) is 11.3. The number of alkyl halides is 3. The van der Waals surface area contributed by atoms with E-state index < -0.39 is 30.2 Å². The number of thiophene rings is 1. The predicted octanol–water partition coefficient (Wildman–Crippen LogP) is 3.60. The van der Waals surface area contributed by atoms with E-state index in [0.29, 0.717) is 15.9 Å². The molecule has 156 valence electrons. The Labute approximate surface area is 172 Å². The number of nitrogens with one attached hydrogen (secondary N) is 1. The maximum absolute atomic E-state index is 13.0. The summed E-state index contributed by atoms with van der Waals surface area (Å²) in [4.78, 5) is 24.5. The Balaban J connectivity index is 1.82. The Kier molecular flexibility index (Phi) is 6.07. The molecule has 0 bridgehead atoms. The monoisotopic (exact) mass is 436 g/mol. The topological polar surface area (TPSA) is 97.0 Å². The Bertz CT molecular complexity index is 1140. The van der Waals surface area contributed by atoms with Gasteiger partial charge in [0.1, 0.15) is 9.71 Å². The van der Waals surface area contributed by atoms with Crippen molar-refractivity contribution in [1.29, 1.82) is 5.26 Å². The second-order valence-corrected chi connectivity index (χ2v) is 7.24. The number of aryl methyl sites for hydroxylation is 1. The van der Waals surface area contributed by atoms with Gasteiger partial charge in [-0.15, -0.1) is 11.3 Å². The van der Waals surface area contributed by atoms with Gasteiger partial charge >= 0.3 is 12.1 Å². The van der Waals surface area contributed by atoms with Crippen LogP contribution in [-0.2, 0) is 15.7 Å². The van der Waals surface area contributed by atoms with Crippen LogP contribution in [0.2, 0.25) is 0 Å². The predicted molar refractivity (Wildman–Crippen MR) is 102 cm³/mol. The number of hydrogen-bond acceptors (Lipinski definition) is 6. The molecule has 0 aliphatic heterocycles. The van der Waals surface area contributed by atoms with Crippen LogP contribution in [-0.4, -0.2) is 34.8 Å². The highest BCUT2D eigenvalue weighted by Gasteiger charge is 2.31. The fraction of sp³-hybridized carbons (Fsp3) is 0.263. The average molecular weight is 436 g/mol. The first-order valence-electron chi connectivity index (χ1n) is 8.68. The van der Waals surface area contributed by atoms with Crippen LogP contribution in [0.15, 0.2) is 30.3 Å². The minimum atomic E-state index is -4.49. The lowest BCUT2D eigenvalue weighted by Crippen LogP contribution is -2.29. The molecule has 30 heavy (non-hydrogen) atoms. The number of fused-ring (bicyclic) bond motifs is 1. The first-order chi connectivity index (χ1) is 14.2. The minimum absolute atomic E-state index is 0.140. The molecule has 0 spiro atoms. The van der Waals surface area contributed by atoms with Gasteiger partial charge in [0.2, 0.25) is 0 Å². The number of hydrogen-bond donors (Lipinski definition) is 1. The van der Waals surface area contributed by atoms with Crippen molar-refractivity contribution in [3.8, 4) is 11.8 Å². The lowest BCUT2D eigenvalue weighted by molar-refractivity contribution is -0.137. The van der Waals surface area contributed by atoms with Crippen LogP contribution in [0, 0.1) is 18.3 Å². The highest BCUT2D eigenvalue weighted by molar-refractivity contribution is 7.20. The molecule has 3 rings (SSSR count). The van der Waals surface area contributed by atoms with Crippen molar-refractivity contribution >= 4 is 33.4 Å². The molecule has 2 aromatic heterocycles. The zero-order valence-electron chi connectivity index (χ0n) is 15.6. The highest BCUT2D eigenvalue weighted by Crippen LogP contribution is 2.33. The molecule has 1 amide bonds. The van der Waals surface area contributed by atoms with Crippen molar-refractivity contribution in [2.45, 2.75) is 19.5 Å². The van der Waals surface area contributed by atoms with Gasteiger partial charge in [-0.05, 0) is 31.2 Å². The third kappa shape index (κ3) is 4.60. The number of nitrogens with zero attached hydrogens (tertiary/aromatic N) is 3. The van der Waals surface area contributed by atoms with Crippen LogP contribution >= 0.6 is 11.3 Å². The van der Waals surface area contributed by atoms with E-state index in [1.807, 2.05) is 6.07 Å². The van der Waals surface area contributed by atoms with Crippen LogP contribution < -0.4 is 5.32 Å². The number of halogens is 3. The van der Waals surface area contributed by atoms with E-state index >= 15 is 0 Å². The SMILES string of the molecule is Cc1nn(-c2cccc(C(F)(F)F)c2)c2sc(C(=O)OCC(=O)NCCC#N)cc12. The molecular formula is C19H15F3N4O3S. The molecule has 0 atom stereocenters. The van der Waals surface area contributed by atoms with Gasteiger partial charge in [-0.2, -0.15) is 23.5 Å². The van der Waals surface area contributed by atoms with E-state index in [0.717, 1.165) is 23.5 Å². The second kappa shape index (κ2) is 8.54. The molecule has 7 nitrogen and oxygen atoms in total. The molecule has 0 saturated carbocycles. The van der Waals surface area contributed by atoms with Gasteiger partial charge in [-0.25, -0.2) is 9.48 Å². The number of aromatic nitrogens is 2. The molecule has 1 N–H and O–H groups in total. The minimum Gasteiger partial charge on any atom is -0.451 e. The summed E-state index contributed by atoms with van der Waals surface area (Å²) in [5.41, 5.74) is -0.0616. The quantitative estimate of drug-likeness (QED) is 0.470. The van der Waals surface area contributed by atoms with Gasteiger partial charge in [0.25, 0.3) is 5.91 Å². The molecule has 0 aliphatic carbocycles. The molecule has 0 saturated heterocycles. The third-order valence-electron chi connectivity index (χ3n) is 4.06. The van der Waals surface area contributed by atoms with E-state index in [1.165, 1.54) is 22.9 Å². The smallest absolute Gasteiger partial charge is 0.416 e. The molecule has 1 aromatic carbocycles. The van der Waals surface area contributed by atoms with E-state index in [-0.39, 0.29) is 23.5 Å². The molecule has 0 radical (unpaired) electrons. The van der Waals surface area contributed by atoms with Crippen molar-refractivity contribution in [1.82, 2.24) is 15.1 Å². The van der Waals surface area contributed by atoms with E-state index in [4.69, 9.17) is 10.00 Å². The molecule has 2 heterocycles. The Morgan fingerprint density at radius 2 is 2.10 bits per heavy atom. The number of nitriles is 1. The van der Waals surface area contributed by atoms with E-state index in [2.05, 4.69) is 10.4 Å². The standard InChI is InChI=1S/C19H15F3N4O3S/c1-11-14-9-15(18(28)29-10-16(27)24-7-3-6-23)30-17(14)26(25-11)13-5-2-4-12(8-13)19(20,21)22/h2,4-5,8-9H,3,7,10H2,1H3,(H,24,27). The fourth-order valence-electron chi connectivity index (χ4n) is 2.65. The summed E-state index contributed by atoms with van der Waals surface area (Å²) in [6.07, 6.45) is -4.35. The number of esters is 1. The zero-order chi connectivity index (χ0) is 21.9. The first-order valence-corrected chi connectivity index (χ1v) is 9.50. The van der Waals surface area contributed by atoms with Gasteiger partial charge in [0, 0.05) is 11.9 Å². The molecule has 11 heteroatoms. The number of ether oxygens (including phenoxy) is 1. The van der Waals surface area contributed by atoms with Crippen LogP contribution in [0.1, 0.15) is 27.3 Å². The lowest BCUT2D eigenvalue weighted by atomic mass is 10.2. The maximum Gasteiger partial charge on any atom is 0.416 e. The summed E-state index contributed by atoms with van der Waals surface area (Å²) < 4.78 is 45.4.